The summed E-state index contributed by atoms with van der Waals surface area (Å²) in [6.07, 6.45) is -0.516. The fourth-order valence-corrected chi connectivity index (χ4v) is 3.24. The van der Waals surface area contributed by atoms with Gasteiger partial charge in [-0.2, -0.15) is 0 Å². The summed E-state index contributed by atoms with van der Waals surface area (Å²) in [6, 6.07) is 18.2. The fraction of sp³-hybridized carbons (Fsp3) is 0.435. The molecular formula is C23H30N2O3. The van der Waals surface area contributed by atoms with E-state index in [0.29, 0.717) is 6.61 Å². The van der Waals surface area contributed by atoms with Crippen molar-refractivity contribution in [3.05, 3.63) is 71.3 Å². The number of nitrogens with one attached hydrogen (secondary N) is 1. The molecule has 28 heavy (non-hydrogen) atoms. The monoisotopic (exact) mass is 382 g/mol. The molecular weight excluding hydrogens is 352 g/mol. The van der Waals surface area contributed by atoms with Crippen LogP contribution >= 0.6 is 0 Å². The highest BCUT2D eigenvalue weighted by Crippen LogP contribution is 2.17. The van der Waals surface area contributed by atoms with Crippen molar-refractivity contribution < 1.29 is 14.3 Å². The molecule has 0 radical (unpaired) electrons. The maximum atomic E-state index is 12.8. The lowest BCUT2D eigenvalue weighted by molar-refractivity contribution is -0.133. The summed E-state index contributed by atoms with van der Waals surface area (Å²) in [5, 5.41) is 3.19. The summed E-state index contributed by atoms with van der Waals surface area (Å²) in [5.74, 6) is -0.0882. The van der Waals surface area contributed by atoms with E-state index < -0.39 is 6.10 Å². The van der Waals surface area contributed by atoms with E-state index in [1.807, 2.05) is 30.3 Å². The van der Waals surface area contributed by atoms with Gasteiger partial charge in [-0.25, -0.2) is 0 Å². The number of rotatable bonds is 8. The molecule has 1 fully saturated rings. The third kappa shape index (κ3) is 6.16. The van der Waals surface area contributed by atoms with Crippen molar-refractivity contribution in [2.24, 2.45) is 0 Å². The van der Waals surface area contributed by atoms with Crippen LogP contribution < -0.4 is 5.32 Å². The number of aryl methyl sites for hydroxylation is 1. The fourth-order valence-electron chi connectivity index (χ4n) is 3.24. The van der Waals surface area contributed by atoms with E-state index in [-0.39, 0.29) is 11.9 Å². The first-order valence-corrected chi connectivity index (χ1v) is 9.94. The number of amides is 1. The van der Waals surface area contributed by atoms with E-state index in [1.165, 1.54) is 5.56 Å². The van der Waals surface area contributed by atoms with Gasteiger partial charge >= 0.3 is 0 Å². The second kappa shape index (κ2) is 10.4. The van der Waals surface area contributed by atoms with Crippen LogP contribution in [0.1, 0.15) is 29.7 Å². The molecule has 5 nitrogen and oxygen atoms in total. The van der Waals surface area contributed by atoms with Crippen LogP contribution in [0.4, 0.5) is 0 Å². The van der Waals surface area contributed by atoms with Gasteiger partial charge in [-0.05, 0) is 25.0 Å². The van der Waals surface area contributed by atoms with Crippen molar-refractivity contribution in [1.82, 2.24) is 10.2 Å². The van der Waals surface area contributed by atoms with Crippen molar-refractivity contribution >= 4 is 5.91 Å². The molecule has 1 aliphatic rings. The summed E-state index contributed by atoms with van der Waals surface area (Å²) >= 11 is 0. The molecule has 2 aromatic rings. The summed E-state index contributed by atoms with van der Waals surface area (Å²) < 4.78 is 11.2. The van der Waals surface area contributed by atoms with Crippen LogP contribution in [-0.2, 0) is 20.9 Å². The predicted molar refractivity (Wildman–Crippen MR) is 110 cm³/mol. The highest BCUT2D eigenvalue weighted by molar-refractivity contribution is 5.80. The molecule has 0 bridgehead atoms. The topological polar surface area (TPSA) is 50.8 Å². The van der Waals surface area contributed by atoms with Gasteiger partial charge < -0.3 is 14.8 Å². The summed E-state index contributed by atoms with van der Waals surface area (Å²) in [6.45, 7) is 8.32. The minimum Gasteiger partial charge on any atom is -0.379 e. The van der Waals surface area contributed by atoms with Gasteiger partial charge in [-0.15, -0.1) is 0 Å². The highest BCUT2D eigenvalue weighted by Gasteiger charge is 2.23. The van der Waals surface area contributed by atoms with Gasteiger partial charge in [0.05, 0.1) is 25.9 Å². The van der Waals surface area contributed by atoms with E-state index in [2.05, 4.69) is 41.4 Å². The van der Waals surface area contributed by atoms with Gasteiger partial charge in [0.25, 0.3) is 0 Å². The Morgan fingerprint density at radius 1 is 1.11 bits per heavy atom. The summed E-state index contributed by atoms with van der Waals surface area (Å²) in [7, 11) is 0. The number of nitrogens with zero attached hydrogens (tertiary/aromatic N) is 1. The Kier molecular flexibility index (Phi) is 7.60. The lowest BCUT2D eigenvalue weighted by Gasteiger charge is -2.31. The third-order valence-electron chi connectivity index (χ3n) is 5.05. The molecule has 1 heterocycles. The average Bonchev–Trinajstić information content (AvgIpc) is 2.73. The normalized spacial score (nSPS) is 17.1. The zero-order valence-electron chi connectivity index (χ0n) is 16.8. The van der Waals surface area contributed by atoms with Gasteiger partial charge in [0.1, 0.15) is 6.10 Å². The maximum Gasteiger partial charge on any atom is 0.249 e. The third-order valence-corrected chi connectivity index (χ3v) is 5.05. The Balaban J connectivity index is 1.61. The smallest absolute Gasteiger partial charge is 0.249 e. The van der Waals surface area contributed by atoms with Gasteiger partial charge in [0, 0.05) is 19.6 Å². The minimum atomic E-state index is -0.516. The van der Waals surface area contributed by atoms with Crippen molar-refractivity contribution in [3.8, 4) is 0 Å². The number of ether oxygens (including phenoxy) is 2. The van der Waals surface area contributed by atoms with E-state index in [0.717, 1.165) is 44.0 Å². The number of carbonyl (C=O) groups excluding carboxylic acids is 1. The Bertz CT molecular complexity index is 727. The van der Waals surface area contributed by atoms with Crippen molar-refractivity contribution in [1.29, 1.82) is 0 Å². The second-order valence-electron chi connectivity index (χ2n) is 7.32. The molecule has 150 valence electrons. The van der Waals surface area contributed by atoms with Gasteiger partial charge in [0.2, 0.25) is 5.91 Å². The highest BCUT2D eigenvalue weighted by atomic mass is 16.5. The number of hydrogen-bond donors (Lipinski definition) is 1. The van der Waals surface area contributed by atoms with Crippen molar-refractivity contribution in [3.63, 3.8) is 0 Å². The molecule has 0 unspecified atom stereocenters. The van der Waals surface area contributed by atoms with Crippen LogP contribution in [0.25, 0.3) is 0 Å². The van der Waals surface area contributed by atoms with E-state index in [9.17, 15) is 4.79 Å². The van der Waals surface area contributed by atoms with E-state index in [4.69, 9.17) is 9.47 Å². The first kappa shape index (κ1) is 20.5. The average molecular weight is 383 g/mol. The molecule has 0 aromatic heterocycles. The molecule has 0 saturated carbocycles. The molecule has 2 aromatic carbocycles. The molecule has 0 spiro atoms. The second-order valence-corrected chi connectivity index (χ2v) is 7.32. The van der Waals surface area contributed by atoms with Crippen molar-refractivity contribution in [2.45, 2.75) is 32.6 Å². The molecule has 1 amide bonds. The minimum absolute atomic E-state index is 0.0750. The Hall–Kier alpha value is -2.21. The zero-order valence-corrected chi connectivity index (χ0v) is 16.8. The molecule has 1 N–H and O–H groups in total. The standard InChI is InChI=1S/C23H30N2O3/c1-18-8-10-21(11-9-18)22(16-25-12-14-27-15-13-25)24-23(26)19(2)28-17-20-6-4-3-5-7-20/h3-11,19,22H,12-17H2,1-2H3,(H,24,26)/t19-,22-/m0/s1. The summed E-state index contributed by atoms with van der Waals surface area (Å²) in [5.41, 5.74) is 3.38. The number of hydrogen-bond acceptors (Lipinski definition) is 4. The number of benzene rings is 2. The van der Waals surface area contributed by atoms with Crippen LogP contribution in [0.3, 0.4) is 0 Å². The molecule has 5 heteroatoms. The SMILES string of the molecule is Cc1ccc([C@H](CN2CCOCC2)NC(=O)[C@H](C)OCc2ccccc2)cc1. The summed E-state index contributed by atoms with van der Waals surface area (Å²) in [4.78, 5) is 15.1. The zero-order chi connectivity index (χ0) is 19.8. The lowest BCUT2D eigenvalue weighted by Crippen LogP contribution is -2.45. The Morgan fingerprint density at radius 2 is 1.79 bits per heavy atom. The number of morpholine rings is 1. The first-order valence-electron chi connectivity index (χ1n) is 9.94. The van der Waals surface area contributed by atoms with Gasteiger partial charge in [-0.1, -0.05) is 60.2 Å². The Morgan fingerprint density at radius 3 is 2.46 bits per heavy atom. The largest absolute Gasteiger partial charge is 0.379 e. The first-order chi connectivity index (χ1) is 13.6. The molecule has 3 rings (SSSR count). The molecule has 0 aliphatic carbocycles. The van der Waals surface area contributed by atoms with Crippen LogP contribution in [0.2, 0.25) is 0 Å². The van der Waals surface area contributed by atoms with Crippen LogP contribution in [0.15, 0.2) is 54.6 Å². The number of carbonyl (C=O) groups is 1. The molecule has 1 saturated heterocycles. The van der Waals surface area contributed by atoms with Crippen LogP contribution in [-0.4, -0.2) is 49.8 Å². The Labute approximate surface area is 167 Å². The lowest BCUT2D eigenvalue weighted by atomic mass is 10.0. The molecule has 2 atom stereocenters. The van der Waals surface area contributed by atoms with E-state index in [1.54, 1.807) is 6.92 Å². The van der Waals surface area contributed by atoms with Gasteiger partial charge in [-0.3, -0.25) is 9.69 Å². The van der Waals surface area contributed by atoms with Crippen LogP contribution in [0.5, 0.6) is 0 Å². The van der Waals surface area contributed by atoms with Crippen LogP contribution in [0, 0.1) is 6.92 Å². The quantitative estimate of drug-likeness (QED) is 0.762. The van der Waals surface area contributed by atoms with E-state index >= 15 is 0 Å². The predicted octanol–water partition coefficient (Wildman–Crippen LogP) is 3.09. The van der Waals surface area contributed by atoms with Crippen molar-refractivity contribution in [2.75, 3.05) is 32.8 Å². The molecule has 1 aliphatic heterocycles. The maximum absolute atomic E-state index is 12.8. The van der Waals surface area contributed by atoms with Gasteiger partial charge in [0.15, 0.2) is 0 Å².